The van der Waals surface area contributed by atoms with Crippen LogP contribution in [0.4, 0.5) is 0 Å². The molecular formula is C10H19I2IrOP. The Morgan fingerprint density at radius 2 is 1.93 bits per heavy atom. The van der Waals surface area contributed by atoms with E-state index in [1.54, 1.807) is 4.09 Å². The van der Waals surface area contributed by atoms with Gasteiger partial charge in [0, 0.05) is 8.15 Å². The molecule has 0 saturated carbocycles. The van der Waals surface area contributed by atoms with E-state index in [9.17, 15) is 0 Å². The van der Waals surface area contributed by atoms with Crippen LogP contribution < -0.4 is 0 Å². The SMILES string of the molecule is CCP(O)CC.[CH3][Ir]([I])([I])[C]1=CC=CC1. The summed E-state index contributed by atoms with van der Waals surface area (Å²) in [7, 11) is -2.02. The first-order valence-corrected chi connectivity index (χ1v) is 23.6. The Morgan fingerprint density at radius 3 is 2.07 bits per heavy atom. The quantitative estimate of drug-likeness (QED) is 0.338. The maximum absolute atomic E-state index is 8.73. The van der Waals surface area contributed by atoms with E-state index in [0.717, 1.165) is 12.3 Å². The second kappa shape index (κ2) is 8.98. The van der Waals surface area contributed by atoms with Gasteiger partial charge in [0.1, 0.15) is 0 Å². The Bertz CT molecular complexity index is 232. The molecule has 0 unspecified atom stereocenters. The van der Waals surface area contributed by atoms with Crippen LogP contribution in [0.2, 0.25) is 5.44 Å². The summed E-state index contributed by atoms with van der Waals surface area (Å²) in [5.74, 6) is 0. The second-order valence-corrected chi connectivity index (χ2v) is 45.8. The third-order valence-corrected chi connectivity index (χ3v) is 14.4. The fourth-order valence-corrected chi connectivity index (χ4v) is 7.74. The Hall–Kier alpha value is 1.98. The summed E-state index contributed by atoms with van der Waals surface area (Å²) in [5, 5.41) is 0. The Labute approximate surface area is 119 Å². The van der Waals surface area contributed by atoms with E-state index in [-0.39, 0.29) is 0 Å². The van der Waals surface area contributed by atoms with Gasteiger partial charge in [-0.1, -0.05) is 13.8 Å². The fourth-order valence-electron chi connectivity index (χ4n) is 0.852. The molecule has 0 heterocycles. The minimum absolute atomic E-state index is 0.576. The molecular weight excluding hydrogens is 613 g/mol. The predicted octanol–water partition coefficient (Wildman–Crippen LogP) is 5.15. The monoisotopic (exact) mass is 633 g/mol. The van der Waals surface area contributed by atoms with Crippen molar-refractivity contribution in [1.29, 1.82) is 0 Å². The van der Waals surface area contributed by atoms with E-state index in [1.165, 1.54) is 6.42 Å². The van der Waals surface area contributed by atoms with Crippen molar-refractivity contribution in [3.05, 3.63) is 22.3 Å². The molecule has 1 aliphatic rings. The van der Waals surface area contributed by atoms with Crippen molar-refractivity contribution in [3.63, 3.8) is 0 Å². The molecule has 0 fully saturated rings. The molecule has 1 rings (SSSR count). The summed E-state index contributed by atoms with van der Waals surface area (Å²) in [4.78, 5) is 8.73. The van der Waals surface area contributed by atoms with E-state index in [2.05, 4.69) is 62.9 Å². The van der Waals surface area contributed by atoms with E-state index in [1.807, 2.05) is 13.8 Å². The molecule has 93 valence electrons. The Morgan fingerprint density at radius 1 is 1.40 bits per heavy atom. The predicted molar refractivity (Wildman–Crippen MR) is 86.0 cm³/mol. The second-order valence-electron chi connectivity index (χ2n) is 2.95. The third kappa shape index (κ3) is 8.67. The number of rotatable bonds is 3. The number of hydrogen-bond donors (Lipinski definition) is 1. The van der Waals surface area contributed by atoms with Crippen molar-refractivity contribution in [1.82, 2.24) is 0 Å². The van der Waals surface area contributed by atoms with Crippen LogP contribution in [0.1, 0.15) is 20.3 Å². The van der Waals surface area contributed by atoms with Crippen LogP contribution in [-0.2, 0) is 8.12 Å². The van der Waals surface area contributed by atoms with Gasteiger partial charge in [0.25, 0.3) is 0 Å². The van der Waals surface area contributed by atoms with Gasteiger partial charge in [-0.25, -0.2) is 0 Å². The first-order valence-electron chi connectivity index (χ1n) is 4.72. The normalized spacial score (nSPS) is 16.1. The molecule has 0 aromatic heterocycles. The van der Waals surface area contributed by atoms with Crippen molar-refractivity contribution in [2.75, 3.05) is 12.3 Å². The maximum atomic E-state index is 8.73. The molecule has 5 heteroatoms. The average Bonchev–Trinajstić information content (AvgIpc) is 2.69. The molecule has 0 aliphatic heterocycles. The molecule has 1 nitrogen and oxygen atoms in total. The molecule has 0 bridgehead atoms. The molecule has 0 radical (unpaired) electrons. The summed E-state index contributed by atoms with van der Waals surface area (Å²) >= 11 is 5.29. The van der Waals surface area contributed by atoms with Crippen LogP contribution in [0.5, 0.6) is 0 Å². The van der Waals surface area contributed by atoms with Crippen LogP contribution in [0.15, 0.2) is 22.3 Å². The average molecular weight is 632 g/mol. The summed E-state index contributed by atoms with van der Waals surface area (Å²) < 4.78 is 1.70. The molecule has 0 aromatic rings. The molecule has 0 aromatic carbocycles. The summed E-state index contributed by atoms with van der Waals surface area (Å²) in [6.07, 6.45) is 9.84. The molecule has 0 atom stereocenters. The molecule has 1 aliphatic carbocycles. The van der Waals surface area contributed by atoms with Crippen LogP contribution in [0.25, 0.3) is 0 Å². The topological polar surface area (TPSA) is 20.2 Å². The number of allylic oxidation sites excluding steroid dienone is 4. The van der Waals surface area contributed by atoms with E-state index < -0.39 is 16.3 Å². The van der Waals surface area contributed by atoms with Gasteiger partial charge in [0.2, 0.25) is 0 Å². The minimum atomic E-state index is -1.44. The number of hydrogen-bond acceptors (Lipinski definition) is 1. The van der Waals surface area contributed by atoms with Crippen LogP contribution in [-0.4, -0.2) is 17.2 Å². The van der Waals surface area contributed by atoms with Crippen molar-refractivity contribution in [2.24, 2.45) is 0 Å². The zero-order chi connectivity index (χ0) is 11.9. The van der Waals surface area contributed by atoms with Gasteiger partial charge in [-0.3, -0.25) is 0 Å². The molecule has 0 amide bonds. The first kappa shape index (κ1) is 17.0. The van der Waals surface area contributed by atoms with Crippen molar-refractivity contribution >= 4 is 47.3 Å². The Kier molecular flexibility index (Phi) is 10.2. The third-order valence-electron chi connectivity index (χ3n) is 1.82. The van der Waals surface area contributed by atoms with E-state index >= 15 is 0 Å². The zero-order valence-corrected chi connectivity index (χ0v) is 16.9. The summed E-state index contributed by atoms with van der Waals surface area (Å²) in [5.41, 5.74) is 2.42. The van der Waals surface area contributed by atoms with Crippen molar-refractivity contribution < 1.29 is 13.0 Å². The summed E-state index contributed by atoms with van der Waals surface area (Å²) in [6.45, 7) is 4.02. The van der Waals surface area contributed by atoms with E-state index in [0.29, 0.717) is 0 Å². The number of halogens is 2. The zero-order valence-electron chi connectivity index (χ0n) is 9.34. The molecule has 0 saturated heterocycles. The van der Waals surface area contributed by atoms with Crippen LogP contribution in [0, 0.1) is 0 Å². The molecule has 15 heavy (non-hydrogen) atoms. The van der Waals surface area contributed by atoms with Gasteiger partial charge in [-0.05, 0) is 12.3 Å². The van der Waals surface area contributed by atoms with Crippen molar-refractivity contribution in [3.8, 4) is 0 Å². The van der Waals surface area contributed by atoms with Gasteiger partial charge in [0.15, 0.2) is 0 Å². The summed E-state index contributed by atoms with van der Waals surface area (Å²) in [6, 6.07) is 0. The van der Waals surface area contributed by atoms with Crippen molar-refractivity contribution in [2.45, 2.75) is 25.7 Å². The first-order chi connectivity index (χ1) is 6.91. The Balaban J connectivity index is 0.000000288. The fraction of sp³-hybridized carbons (Fsp3) is 0.600. The van der Waals surface area contributed by atoms with Gasteiger partial charge in [0.05, 0.1) is 0 Å². The standard InChI is InChI=1S/C5H5.C4H11OP.CH3.2HI.Ir/c1-2-4-5-3-1;1-3-6(5)4-2;;;;/h1-3H,4H2;5H,3-4H2,1-2H3;1H3;2*1H;/q;;;;;+2/p-2. The van der Waals surface area contributed by atoms with Gasteiger partial charge >= 0.3 is 81.5 Å². The molecule has 0 spiro atoms. The van der Waals surface area contributed by atoms with Gasteiger partial charge in [-0.2, -0.15) is 0 Å². The van der Waals surface area contributed by atoms with Crippen LogP contribution in [0.3, 0.4) is 0 Å². The van der Waals surface area contributed by atoms with Crippen LogP contribution >= 0.6 is 47.3 Å². The van der Waals surface area contributed by atoms with E-state index in [4.69, 9.17) is 4.89 Å². The van der Waals surface area contributed by atoms with Gasteiger partial charge in [-0.15, -0.1) is 0 Å². The molecule has 1 N–H and O–H groups in total. The van der Waals surface area contributed by atoms with Gasteiger partial charge < -0.3 is 4.89 Å².